The van der Waals surface area contributed by atoms with Gasteiger partial charge in [0.25, 0.3) is 0 Å². The number of anilines is 1. The molecule has 0 spiro atoms. The zero-order valence-electron chi connectivity index (χ0n) is 6.75. The zero-order chi connectivity index (χ0) is 9.10. The van der Waals surface area contributed by atoms with Crippen molar-refractivity contribution in [3.63, 3.8) is 0 Å². The van der Waals surface area contributed by atoms with Gasteiger partial charge in [-0.1, -0.05) is 0 Å². The lowest BCUT2D eigenvalue weighted by Crippen LogP contribution is -1.98. The number of halogens is 1. The molecular formula is C8H8BrN3S. The number of imidazole rings is 1. The van der Waals surface area contributed by atoms with Gasteiger partial charge in [-0.05, 0) is 28.1 Å². The number of aromatic amines is 1. The van der Waals surface area contributed by atoms with Crippen LogP contribution in [0.5, 0.6) is 0 Å². The number of hydrogen-bond acceptors (Lipinski definition) is 3. The van der Waals surface area contributed by atoms with E-state index in [1.807, 2.05) is 6.07 Å². The van der Waals surface area contributed by atoms with E-state index in [0.717, 1.165) is 16.3 Å². The molecule has 2 rings (SSSR count). The lowest BCUT2D eigenvalue weighted by molar-refractivity contribution is 1.12. The summed E-state index contributed by atoms with van der Waals surface area (Å²) in [5.74, 6) is 0.810. The summed E-state index contributed by atoms with van der Waals surface area (Å²) in [6.07, 6.45) is 3.53. The highest BCUT2D eigenvalue weighted by Crippen LogP contribution is 2.22. The molecule has 2 aromatic rings. The molecule has 0 radical (unpaired) electrons. The average Bonchev–Trinajstić information content (AvgIpc) is 2.71. The van der Waals surface area contributed by atoms with Crippen LogP contribution in [-0.4, -0.2) is 9.97 Å². The first-order valence-corrected chi connectivity index (χ1v) is 5.43. The summed E-state index contributed by atoms with van der Waals surface area (Å²) in [6.45, 7) is 0.809. The van der Waals surface area contributed by atoms with Crippen molar-refractivity contribution in [3.8, 4) is 0 Å². The highest BCUT2D eigenvalue weighted by atomic mass is 79.9. The first kappa shape index (κ1) is 8.77. The summed E-state index contributed by atoms with van der Waals surface area (Å²) in [7, 11) is 0. The zero-order valence-corrected chi connectivity index (χ0v) is 9.15. The summed E-state index contributed by atoms with van der Waals surface area (Å²) < 4.78 is 1.16. The molecule has 2 heterocycles. The average molecular weight is 258 g/mol. The van der Waals surface area contributed by atoms with Crippen LogP contribution in [0.2, 0.25) is 0 Å². The number of aromatic nitrogens is 2. The Morgan fingerprint density at radius 1 is 1.54 bits per heavy atom. The van der Waals surface area contributed by atoms with Gasteiger partial charge in [-0.2, -0.15) is 0 Å². The summed E-state index contributed by atoms with van der Waals surface area (Å²) in [5.41, 5.74) is 0. The molecule has 3 nitrogen and oxygen atoms in total. The number of H-pyrrole nitrogens is 1. The van der Waals surface area contributed by atoms with E-state index in [-0.39, 0.29) is 0 Å². The molecule has 2 N–H and O–H groups in total. The topological polar surface area (TPSA) is 40.7 Å². The predicted octanol–water partition coefficient (Wildman–Crippen LogP) is 2.85. The van der Waals surface area contributed by atoms with Gasteiger partial charge in [-0.15, -0.1) is 11.3 Å². The van der Waals surface area contributed by atoms with Gasteiger partial charge in [-0.3, -0.25) is 0 Å². The van der Waals surface area contributed by atoms with Crippen LogP contribution in [0.3, 0.4) is 0 Å². The molecule has 0 aliphatic rings. The Hall–Kier alpha value is -0.810. The van der Waals surface area contributed by atoms with Gasteiger partial charge < -0.3 is 10.3 Å². The van der Waals surface area contributed by atoms with Crippen molar-refractivity contribution < 1.29 is 0 Å². The largest absolute Gasteiger partial charge is 0.351 e. The van der Waals surface area contributed by atoms with E-state index in [9.17, 15) is 0 Å². The standard InChI is InChI=1S/C8H8BrN3S/c9-7-2-1-6(13-7)5-12-8-10-3-4-11-8/h1-4H,5H2,(H2,10,11,12). The van der Waals surface area contributed by atoms with Gasteiger partial charge >= 0.3 is 0 Å². The molecule has 0 amide bonds. The molecule has 68 valence electrons. The maximum absolute atomic E-state index is 4.06. The third-order valence-electron chi connectivity index (χ3n) is 1.56. The van der Waals surface area contributed by atoms with Crippen LogP contribution in [0.25, 0.3) is 0 Å². The molecule has 0 aromatic carbocycles. The van der Waals surface area contributed by atoms with Crippen LogP contribution in [0.4, 0.5) is 5.95 Å². The normalized spacial score (nSPS) is 10.2. The molecule has 0 atom stereocenters. The third-order valence-corrected chi connectivity index (χ3v) is 3.18. The molecule has 0 unspecified atom stereocenters. The summed E-state index contributed by atoms with van der Waals surface area (Å²) in [4.78, 5) is 8.33. The lowest BCUT2D eigenvalue weighted by atomic mass is 10.5. The number of thiophene rings is 1. The molecule has 2 aromatic heterocycles. The van der Waals surface area contributed by atoms with E-state index in [2.05, 4.69) is 37.3 Å². The number of nitrogens with zero attached hydrogens (tertiary/aromatic N) is 1. The summed E-state index contributed by atoms with van der Waals surface area (Å²) >= 11 is 5.14. The first-order chi connectivity index (χ1) is 6.34. The van der Waals surface area contributed by atoms with Gasteiger partial charge in [0.1, 0.15) is 0 Å². The van der Waals surface area contributed by atoms with E-state index < -0.39 is 0 Å². The molecular weight excluding hydrogens is 250 g/mol. The number of nitrogens with one attached hydrogen (secondary N) is 2. The number of hydrogen-bond donors (Lipinski definition) is 2. The molecule has 0 aliphatic carbocycles. The molecule has 0 bridgehead atoms. The second kappa shape index (κ2) is 3.93. The maximum atomic E-state index is 4.06. The Kier molecular flexibility index (Phi) is 2.65. The molecule has 0 saturated heterocycles. The second-order valence-corrected chi connectivity index (χ2v) is 5.04. The minimum absolute atomic E-state index is 0.809. The van der Waals surface area contributed by atoms with Crippen LogP contribution < -0.4 is 5.32 Å². The van der Waals surface area contributed by atoms with Crippen molar-refractivity contribution in [1.82, 2.24) is 9.97 Å². The van der Waals surface area contributed by atoms with Crippen LogP contribution in [0.15, 0.2) is 28.3 Å². The quantitative estimate of drug-likeness (QED) is 0.888. The molecule has 0 aliphatic heterocycles. The summed E-state index contributed by atoms with van der Waals surface area (Å²) in [6, 6.07) is 4.13. The van der Waals surface area contributed by atoms with E-state index in [1.54, 1.807) is 23.7 Å². The summed E-state index contributed by atoms with van der Waals surface area (Å²) in [5, 5.41) is 3.18. The van der Waals surface area contributed by atoms with Gasteiger partial charge in [0, 0.05) is 17.3 Å². The molecule has 5 heteroatoms. The van der Waals surface area contributed by atoms with Crippen molar-refractivity contribution in [2.75, 3.05) is 5.32 Å². The highest BCUT2D eigenvalue weighted by Gasteiger charge is 1.97. The minimum Gasteiger partial charge on any atom is -0.351 e. The van der Waals surface area contributed by atoms with Gasteiger partial charge in [0.15, 0.2) is 5.95 Å². The smallest absolute Gasteiger partial charge is 0.200 e. The Morgan fingerprint density at radius 3 is 3.08 bits per heavy atom. The Balaban J connectivity index is 1.93. The highest BCUT2D eigenvalue weighted by molar-refractivity contribution is 9.11. The SMILES string of the molecule is Brc1ccc(CNc2ncc[nH]2)s1. The van der Waals surface area contributed by atoms with E-state index in [4.69, 9.17) is 0 Å². The molecule has 0 fully saturated rings. The lowest BCUT2D eigenvalue weighted by Gasteiger charge is -1.98. The third kappa shape index (κ3) is 2.32. The molecule has 0 saturated carbocycles. The van der Waals surface area contributed by atoms with Gasteiger partial charge in [0.2, 0.25) is 0 Å². The Labute approximate surface area is 88.3 Å². The fourth-order valence-corrected chi connectivity index (χ4v) is 2.40. The minimum atomic E-state index is 0.809. The Morgan fingerprint density at radius 2 is 2.46 bits per heavy atom. The first-order valence-electron chi connectivity index (χ1n) is 3.82. The Bertz CT molecular complexity index is 368. The van der Waals surface area contributed by atoms with Crippen LogP contribution in [0.1, 0.15) is 4.88 Å². The van der Waals surface area contributed by atoms with Crippen molar-refractivity contribution >= 4 is 33.2 Å². The van der Waals surface area contributed by atoms with Crippen molar-refractivity contribution in [3.05, 3.63) is 33.2 Å². The van der Waals surface area contributed by atoms with E-state index >= 15 is 0 Å². The van der Waals surface area contributed by atoms with Crippen molar-refractivity contribution in [1.29, 1.82) is 0 Å². The van der Waals surface area contributed by atoms with Crippen molar-refractivity contribution in [2.45, 2.75) is 6.54 Å². The fourth-order valence-electron chi connectivity index (χ4n) is 0.980. The predicted molar refractivity (Wildman–Crippen MR) is 57.9 cm³/mol. The van der Waals surface area contributed by atoms with Crippen LogP contribution in [0, 0.1) is 0 Å². The fraction of sp³-hybridized carbons (Fsp3) is 0.125. The second-order valence-electron chi connectivity index (χ2n) is 2.50. The van der Waals surface area contributed by atoms with E-state index in [1.165, 1.54) is 4.88 Å². The van der Waals surface area contributed by atoms with E-state index in [0.29, 0.717) is 0 Å². The van der Waals surface area contributed by atoms with Gasteiger partial charge in [-0.25, -0.2) is 4.98 Å². The van der Waals surface area contributed by atoms with Crippen molar-refractivity contribution in [2.24, 2.45) is 0 Å². The molecule has 13 heavy (non-hydrogen) atoms. The van der Waals surface area contributed by atoms with Crippen LogP contribution in [-0.2, 0) is 6.54 Å². The number of rotatable bonds is 3. The monoisotopic (exact) mass is 257 g/mol. The maximum Gasteiger partial charge on any atom is 0.200 e. The van der Waals surface area contributed by atoms with Gasteiger partial charge in [0.05, 0.1) is 10.3 Å². The van der Waals surface area contributed by atoms with Crippen LogP contribution >= 0.6 is 27.3 Å².